The van der Waals surface area contributed by atoms with Crippen molar-refractivity contribution < 1.29 is 18.3 Å². The summed E-state index contributed by atoms with van der Waals surface area (Å²) in [6.45, 7) is 3.69. The van der Waals surface area contributed by atoms with Gasteiger partial charge in [0.05, 0.1) is 4.90 Å². The first-order chi connectivity index (χ1) is 11.6. The minimum Gasteiger partial charge on any atom is -0.480 e. The van der Waals surface area contributed by atoms with Gasteiger partial charge in [-0.15, -0.1) is 0 Å². The molecule has 0 aliphatic carbocycles. The first-order valence-electron chi connectivity index (χ1n) is 7.65. The van der Waals surface area contributed by atoms with Crippen LogP contribution in [0.25, 0.3) is 0 Å². The summed E-state index contributed by atoms with van der Waals surface area (Å²) in [6, 6.07) is 10.3. The quantitative estimate of drug-likeness (QED) is 0.833. The van der Waals surface area contributed by atoms with Crippen LogP contribution in [0.3, 0.4) is 0 Å². The largest absolute Gasteiger partial charge is 0.480 e. The van der Waals surface area contributed by atoms with Gasteiger partial charge in [0.25, 0.3) is 0 Å². The van der Waals surface area contributed by atoms with Gasteiger partial charge in [0.2, 0.25) is 10.0 Å². The number of hydrogen-bond donors (Lipinski definition) is 1. The normalized spacial score (nSPS) is 13.0. The average molecular weight is 382 g/mol. The Morgan fingerprint density at radius 1 is 1.16 bits per heavy atom. The first-order valence-corrected chi connectivity index (χ1v) is 9.47. The number of carboxylic acids is 1. The van der Waals surface area contributed by atoms with Gasteiger partial charge in [-0.05, 0) is 49.6 Å². The fraction of sp³-hybridized carbons (Fsp3) is 0.278. The van der Waals surface area contributed by atoms with Crippen molar-refractivity contribution in [3.05, 3.63) is 64.2 Å². The Hall–Kier alpha value is -1.89. The lowest BCUT2D eigenvalue weighted by molar-refractivity contribution is -0.141. The van der Waals surface area contributed by atoms with Crippen LogP contribution in [0.15, 0.2) is 47.4 Å². The van der Waals surface area contributed by atoms with Crippen LogP contribution in [0.5, 0.6) is 0 Å². The molecule has 0 aliphatic heterocycles. The fourth-order valence-corrected chi connectivity index (χ4v) is 3.92. The molecule has 2 aromatic carbocycles. The summed E-state index contributed by atoms with van der Waals surface area (Å²) in [7, 11) is -2.64. The molecular formula is C18H20ClNO4S. The van der Waals surface area contributed by atoms with E-state index in [-0.39, 0.29) is 11.3 Å². The molecular weight excluding hydrogens is 362 g/mol. The van der Waals surface area contributed by atoms with Crippen LogP contribution in [0.4, 0.5) is 0 Å². The van der Waals surface area contributed by atoms with E-state index in [9.17, 15) is 18.3 Å². The average Bonchev–Trinajstić information content (AvgIpc) is 2.55. The number of carbonyl (C=O) groups is 1. The molecule has 0 saturated heterocycles. The van der Waals surface area contributed by atoms with E-state index in [1.807, 2.05) is 13.8 Å². The lowest BCUT2D eigenvalue weighted by atomic mass is 10.0. The molecule has 2 rings (SSSR count). The topological polar surface area (TPSA) is 74.7 Å². The molecule has 0 aromatic heterocycles. The Morgan fingerprint density at radius 3 is 2.28 bits per heavy atom. The van der Waals surface area contributed by atoms with Crippen molar-refractivity contribution >= 4 is 27.6 Å². The zero-order valence-electron chi connectivity index (χ0n) is 14.2. The summed E-state index contributed by atoms with van der Waals surface area (Å²) >= 11 is 6.08. The van der Waals surface area contributed by atoms with Crippen LogP contribution in [0.1, 0.15) is 16.7 Å². The second-order valence-corrected chi connectivity index (χ2v) is 8.38. The van der Waals surface area contributed by atoms with Crippen molar-refractivity contribution in [3.8, 4) is 0 Å². The van der Waals surface area contributed by atoms with Crippen molar-refractivity contribution in [1.29, 1.82) is 0 Å². The predicted octanol–water partition coefficient (Wildman–Crippen LogP) is 3.27. The van der Waals surface area contributed by atoms with Gasteiger partial charge in [0.15, 0.2) is 0 Å². The number of hydrogen-bond acceptors (Lipinski definition) is 3. The van der Waals surface area contributed by atoms with Gasteiger partial charge >= 0.3 is 5.97 Å². The number of rotatable bonds is 6. The zero-order chi connectivity index (χ0) is 18.8. The maximum atomic E-state index is 12.7. The van der Waals surface area contributed by atoms with Crippen LogP contribution in [-0.2, 0) is 21.2 Å². The summed E-state index contributed by atoms with van der Waals surface area (Å²) in [5, 5.41) is 10.1. The van der Waals surface area contributed by atoms with Crippen molar-refractivity contribution in [2.45, 2.75) is 31.2 Å². The summed E-state index contributed by atoms with van der Waals surface area (Å²) in [5.74, 6) is -1.21. The molecule has 0 heterocycles. The highest BCUT2D eigenvalue weighted by Crippen LogP contribution is 2.22. The van der Waals surface area contributed by atoms with Gasteiger partial charge in [-0.2, -0.15) is 4.31 Å². The van der Waals surface area contributed by atoms with E-state index >= 15 is 0 Å². The number of nitrogens with zero attached hydrogens (tertiary/aromatic N) is 1. The second kappa shape index (κ2) is 7.56. The molecule has 1 atom stereocenters. The fourth-order valence-electron chi connectivity index (χ4n) is 2.40. The molecule has 0 bridgehead atoms. The van der Waals surface area contributed by atoms with E-state index in [1.54, 1.807) is 30.3 Å². The van der Waals surface area contributed by atoms with Crippen LogP contribution in [0, 0.1) is 13.8 Å². The van der Waals surface area contributed by atoms with E-state index in [0.717, 1.165) is 15.4 Å². The zero-order valence-corrected chi connectivity index (χ0v) is 15.8. The van der Waals surface area contributed by atoms with Gasteiger partial charge in [0.1, 0.15) is 6.04 Å². The number of carboxylic acid groups (broad SMARTS) is 1. The monoisotopic (exact) mass is 381 g/mol. The molecule has 7 heteroatoms. The van der Waals surface area contributed by atoms with Gasteiger partial charge < -0.3 is 5.11 Å². The molecule has 2 aromatic rings. The summed E-state index contributed by atoms with van der Waals surface area (Å²) in [4.78, 5) is 11.8. The minimum atomic E-state index is -3.92. The number of aryl methyl sites for hydroxylation is 2. The van der Waals surface area contributed by atoms with Gasteiger partial charge in [-0.25, -0.2) is 8.42 Å². The molecule has 25 heavy (non-hydrogen) atoms. The van der Waals surface area contributed by atoms with Crippen molar-refractivity contribution in [3.63, 3.8) is 0 Å². The van der Waals surface area contributed by atoms with E-state index in [1.165, 1.54) is 19.2 Å². The highest BCUT2D eigenvalue weighted by atomic mass is 35.5. The van der Waals surface area contributed by atoms with E-state index < -0.39 is 22.0 Å². The molecule has 0 fully saturated rings. The summed E-state index contributed by atoms with van der Waals surface area (Å²) in [5.41, 5.74) is 2.46. The maximum absolute atomic E-state index is 12.7. The summed E-state index contributed by atoms with van der Waals surface area (Å²) in [6.07, 6.45) is 0.0247. The van der Waals surface area contributed by atoms with Crippen LogP contribution >= 0.6 is 11.6 Å². The Bertz CT molecular complexity index is 878. The molecule has 0 saturated carbocycles. The molecule has 0 unspecified atom stereocenters. The van der Waals surface area contributed by atoms with Gasteiger partial charge in [-0.3, -0.25) is 4.79 Å². The Kier molecular flexibility index (Phi) is 5.87. The number of likely N-dealkylation sites (N-methyl/N-ethyl adjacent to an activating group) is 1. The highest BCUT2D eigenvalue weighted by Gasteiger charge is 2.33. The molecule has 5 nitrogen and oxygen atoms in total. The van der Waals surface area contributed by atoms with Crippen molar-refractivity contribution in [1.82, 2.24) is 4.31 Å². The summed E-state index contributed by atoms with van der Waals surface area (Å²) < 4.78 is 26.4. The Balaban J connectivity index is 2.33. The molecule has 0 radical (unpaired) electrons. The molecule has 0 amide bonds. The third kappa shape index (κ3) is 4.39. The van der Waals surface area contributed by atoms with Gasteiger partial charge in [0, 0.05) is 12.1 Å². The number of halogens is 1. The Labute approximate surface area is 152 Å². The lowest BCUT2D eigenvalue weighted by Gasteiger charge is -2.24. The second-order valence-electron chi connectivity index (χ2n) is 5.98. The first kappa shape index (κ1) is 19.4. The smallest absolute Gasteiger partial charge is 0.322 e. The Morgan fingerprint density at radius 2 is 1.76 bits per heavy atom. The molecule has 0 spiro atoms. The van der Waals surface area contributed by atoms with E-state index in [2.05, 4.69) is 0 Å². The van der Waals surface area contributed by atoms with Gasteiger partial charge in [-0.1, -0.05) is 41.4 Å². The molecule has 0 aliphatic rings. The minimum absolute atomic E-state index is 0.0247. The van der Waals surface area contributed by atoms with Crippen LogP contribution in [-0.4, -0.2) is 36.9 Å². The van der Waals surface area contributed by atoms with Crippen molar-refractivity contribution in [2.75, 3.05) is 7.05 Å². The van der Waals surface area contributed by atoms with Crippen LogP contribution in [0.2, 0.25) is 5.02 Å². The predicted molar refractivity (Wildman–Crippen MR) is 97.4 cm³/mol. The number of sulfonamides is 1. The lowest BCUT2D eigenvalue weighted by Crippen LogP contribution is -2.43. The van der Waals surface area contributed by atoms with E-state index in [4.69, 9.17) is 11.6 Å². The SMILES string of the molecule is Cc1ccc(S(=O)(=O)N(C)[C@H](Cc2ccc(C)c(Cl)c2)C(=O)O)cc1. The third-order valence-corrected chi connectivity index (χ3v) is 6.38. The third-order valence-electron chi connectivity index (χ3n) is 4.09. The maximum Gasteiger partial charge on any atom is 0.322 e. The standard InChI is InChI=1S/C18H20ClNO4S/c1-12-4-8-15(9-5-12)25(23,24)20(3)17(18(21)22)11-14-7-6-13(2)16(19)10-14/h4-10,17H,11H2,1-3H3,(H,21,22)/t17-/m1/s1. The highest BCUT2D eigenvalue weighted by molar-refractivity contribution is 7.89. The molecule has 1 N–H and O–H groups in total. The van der Waals surface area contributed by atoms with Crippen LogP contribution < -0.4 is 0 Å². The number of aliphatic carboxylic acids is 1. The van der Waals surface area contributed by atoms with E-state index in [0.29, 0.717) is 10.6 Å². The molecule has 134 valence electrons. The number of benzene rings is 2. The van der Waals surface area contributed by atoms with Crippen molar-refractivity contribution in [2.24, 2.45) is 0 Å².